The second-order valence-corrected chi connectivity index (χ2v) is 8.70. The number of hydrogen-bond acceptors (Lipinski definition) is 5. The molecular weight excluding hydrogens is 442 g/mol. The Bertz CT molecular complexity index is 1270. The third-order valence-corrected chi connectivity index (χ3v) is 6.60. The van der Waals surface area contributed by atoms with E-state index in [4.69, 9.17) is 11.6 Å². The Balaban J connectivity index is 1.64. The lowest BCUT2D eigenvalue weighted by molar-refractivity contribution is -0.113. The van der Waals surface area contributed by atoms with E-state index in [2.05, 4.69) is 20.5 Å². The quantitative estimate of drug-likeness (QED) is 0.374. The van der Waals surface area contributed by atoms with E-state index in [1.165, 1.54) is 11.8 Å². The third-order valence-electron chi connectivity index (χ3n) is 5.26. The van der Waals surface area contributed by atoms with E-state index in [0.29, 0.717) is 16.0 Å². The number of carbonyl (C=O) groups is 1. The number of benzene rings is 2. The maximum Gasteiger partial charge on any atom is 0.234 e. The zero-order chi connectivity index (χ0) is 22.7. The predicted molar refractivity (Wildman–Crippen MR) is 130 cm³/mol. The van der Waals surface area contributed by atoms with Crippen molar-refractivity contribution in [1.82, 2.24) is 19.7 Å². The van der Waals surface area contributed by atoms with E-state index in [-0.39, 0.29) is 11.7 Å². The van der Waals surface area contributed by atoms with Gasteiger partial charge in [-0.15, -0.1) is 10.2 Å². The number of thioether (sulfide) groups is 1. The lowest BCUT2D eigenvalue weighted by Crippen LogP contribution is -2.15. The van der Waals surface area contributed by atoms with Crippen LogP contribution in [0, 0.1) is 20.8 Å². The molecule has 162 valence electrons. The van der Waals surface area contributed by atoms with Gasteiger partial charge in [-0.1, -0.05) is 41.6 Å². The Morgan fingerprint density at radius 2 is 1.75 bits per heavy atom. The van der Waals surface area contributed by atoms with Gasteiger partial charge in [0.25, 0.3) is 0 Å². The molecule has 2 aromatic carbocycles. The Labute approximate surface area is 196 Å². The van der Waals surface area contributed by atoms with Gasteiger partial charge < -0.3 is 5.32 Å². The average molecular weight is 464 g/mol. The lowest BCUT2D eigenvalue weighted by Gasteiger charge is -2.14. The number of nitrogens with one attached hydrogen (secondary N) is 1. The molecule has 0 atom stereocenters. The lowest BCUT2D eigenvalue weighted by atomic mass is 10.1. The monoisotopic (exact) mass is 463 g/mol. The molecule has 0 spiro atoms. The van der Waals surface area contributed by atoms with E-state index in [9.17, 15) is 4.79 Å². The molecular formula is C24H22ClN5OS. The van der Waals surface area contributed by atoms with Crippen molar-refractivity contribution in [3.63, 3.8) is 0 Å². The van der Waals surface area contributed by atoms with Crippen LogP contribution in [0.3, 0.4) is 0 Å². The molecule has 4 rings (SSSR count). The van der Waals surface area contributed by atoms with Crippen LogP contribution < -0.4 is 5.32 Å². The van der Waals surface area contributed by atoms with Gasteiger partial charge in [-0.2, -0.15) is 0 Å². The highest BCUT2D eigenvalue weighted by Crippen LogP contribution is 2.31. The highest BCUT2D eigenvalue weighted by atomic mass is 35.5. The molecule has 1 amide bonds. The summed E-state index contributed by atoms with van der Waals surface area (Å²) in [6.45, 7) is 5.98. The molecule has 0 aliphatic rings. The minimum Gasteiger partial charge on any atom is -0.325 e. The van der Waals surface area contributed by atoms with Gasteiger partial charge >= 0.3 is 0 Å². The Hall–Kier alpha value is -3.16. The fourth-order valence-electron chi connectivity index (χ4n) is 3.31. The summed E-state index contributed by atoms with van der Waals surface area (Å²) in [6.07, 6.45) is 3.42. The number of rotatable bonds is 6. The van der Waals surface area contributed by atoms with Crippen LogP contribution >= 0.6 is 23.4 Å². The molecule has 0 bridgehead atoms. The first kappa shape index (κ1) is 22.0. The highest BCUT2D eigenvalue weighted by molar-refractivity contribution is 7.99. The van der Waals surface area contributed by atoms with E-state index in [1.54, 1.807) is 12.4 Å². The zero-order valence-electron chi connectivity index (χ0n) is 18.0. The third kappa shape index (κ3) is 4.54. The van der Waals surface area contributed by atoms with Crippen molar-refractivity contribution >= 4 is 35.0 Å². The largest absolute Gasteiger partial charge is 0.325 e. The summed E-state index contributed by atoms with van der Waals surface area (Å²) in [5.41, 5.74) is 5.66. The molecule has 2 heterocycles. The maximum absolute atomic E-state index is 12.7. The molecule has 0 aliphatic heterocycles. The first-order valence-corrected chi connectivity index (χ1v) is 11.4. The van der Waals surface area contributed by atoms with Gasteiger partial charge in [-0.3, -0.25) is 14.3 Å². The molecule has 0 aliphatic carbocycles. The maximum atomic E-state index is 12.7. The summed E-state index contributed by atoms with van der Waals surface area (Å²) < 4.78 is 1.94. The number of nitrogens with zero attached hydrogens (tertiary/aromatic N) is 4. The van der Waals surface area contributed by atoms with Crippen LogP contribution in [-0.4, -0.2) is 31.4 Å². The summed E-state index contributed by atoms with van der Waals surface area (Å²) in [5.74, 6) is 0.753. The predicted octanol–water partition coefficient (Wildman–Crippen LogP) is 5.64. The Morgan fingerprint density at radius 3 is 2.53 bits per heavy atom. The molecule has 0 unspecified atom stereocenters. The molecule has 4 aromatic rings. The van der Waals surface area contributed by atoms with Crippen LogP contribution in [-0.2, 0) is 4.79 Å². The van der Waals surface area contributed by atoms with Gasteiger partial charge in [0.15, 0.2) is 11.0 Å². The van der Waals surface area contributed by atoms with Crippen LogP contribution in [0.4, 0.5) is 5.69 Å². The van der Waals surface area contributed by atoms with Gasteiger partial charge in [0.1, 0.15) is 0 Å². The van der Waals surface area contributed by atoms with Crippen molar-refractivity contribution in [3.05, 3.63) is 82.6 Å². The first-order valence-electron chi connectivity index (χ1n) is 10.1. The van der Waals surface area contributed by atoms with Crippen molar-refractivity contribution in [2.45, 2.75) is 25.9 Å². The van der Waals surface area contributed by atoms with Gasteiger partial charge in [0.05, 0.1) is 11.4 Å². The summed E-state index contributed by atoms with van der Waals surface area (Å²) in [5, 5.41) is 13.0. The molecule has 2 aromatic heterocycles. The number of aryl methyl sites for hydroxylation is 1. The summed E-state index contributed by atoms with van der Waals surface area (Å²) in [4.78, 5) is 16.8. The second kappa shape index (κ2) is 9.54. The number of hydrogen-bond donors (Lipinski definition) is 1. The van der Waals surface area contributed by atoms with E-state index in [1.807, 2.05) is 73.9 Å². The van der Waals surface area contributed by atoms with Crippen LogP contribution in [0.1, 0.15) is 16.7 Å². The van der Waals surface area contributed by atoms with Crippen LogP contribution in [0.15, 0.2) is 66.1 Å². The van der Waals surface area contributed by atoms with Gasteiger partial charge in [-0.05, 0) is 67.8 Å². The number of carbonyl (C=O) groups excluding carboxylic acids is 1. The summed E-state index contributed by atoms with van der Waals surface area (Å²) in [7, 11) is 0. The molecule has 0 saturated heterocycles. The number of anilines is 1. The van der Waals surface area contributed by atoms with Crippen molar-refractivity contribution in [3.8, 4) is 17.1 Å². The summed E-state index contributed by atoms with van der Waals surface area (Å²) in [6, 6.07) is 15.3. The second-order valence-electron chi connectivity index (χ2n) is 7.35. The van der Waals surface area contributed by atoms with Crippen molar-refractivity contribution < 1.29 is 4.79 Å². The molecule has 0 saturated carbocycles. The molecule has 0 fully saturated rings. The fourth-order valence-corrected chi connectivity index (χ4v) is 4.22. The number of halogens is 1. The topological polar surface area (TPSA) is 72.7 Å². The minimum atomic E-state index is -0.105. The Morgan fingerprint density at radius 1 is 1.00 bits per heavy atom. The molecule has 32 heavy (non-hydrogen) atoms. The van der Waals surface area contributed by atoms with Crippen LogP contribution in [0.5, 0.6) is 0 Å². The normalized spacial score (nSPS) is 10.9. The van der Waals surface area contributed by atoms with Gasteiger partial charge in [0.2, 0.25) is 5.91 Å². The molecule has 0 radical (unpaired) electrons. The molecule has 1 N–H and O–H groups in total. The van der Waals surface area contributed by atoms with Crippen LogP contribution in [0.2, 0.25) is 5.02 Å². The van der Waals surface area contributed by atoms with E-state index in [0.717, 1.165) is 33.6 Å². The SMILES string of the molecule is Cc1cccc(NC(=O)CSc2nnc(-c3ccncc3)n2-c2cccc(Cl)c2C)c1C. The zero-order valence-corrected chi connectivity index (χ0v) is 19.5. The number of amides is 1. The van der Waals surface area contributed by atoms with Gasteiger partial charge in [0, 0.05) is 28.7 Å². The average Bonchev–Trinajstić information content (AvgIpc) is 3.22. The van der Waals surface area contributed by atoms with Crippen molar-refractivity contribution in [1.29, 1.82) is 0 Å². The Kier molecular flexibility index (Phi) is 6.58. The fraction of sp³-hybridized carbons (Fsp3) is 0.167. The molecule has 6 nitrogen and oxygen atoms in total. The van der Waals surface area contributed by atoms with Gasteiger partial charge in [-0.25, -0.2) is 0 Å². The summed E-state index contributed by atoms with van der Waals surface area (Å²) >= 11 is 7.72. The number of aromatic nitrogens is 4. The number of pyridine rings is 1. The highest BCUT2D eigenvalue weighted by Gasteiger charge is 2.19. The van der Waals surface area contributed by atoms with Crippen molar-refractivity contribution in [2.24, 2.45) is 0 Å². The van der Waals surface area contributed by atoms with E-state index >= 15 is 0 Å². The minimum absolute atomic E-state index is 0.105. The van der Waals surface area contributed by atoms with Crippen molar-refractivity contribution in [2.75, 3.05) is 11.1 Å². The standard InChI is InChI=1S/C24H22ClN5OS/c1-15-6-4-8-20(16(15)2)27-22(31)14-32-24-29-28-23(18-10-12-26-13-11-18)30(24)21-9-5-7-19(25)17(21)3/h4-13H,14H2,1-3H3,(H,27,31). The smallest absolute Gasteiger partial charge is 0.234 e. The van der Waals surface area contributed by atoms with Crippen LogP contribution in [0.25, 0.3) is 17.1 Å². The molecule has 8 heteroatoms. The first-order chi connectivity index (χ1) is 15.5. The van der Waals surface area contributed by atoms with E-state index < -0.39 is 0 Å².